The van der Waals surface area contributed by atoms with Gasteiger partial charge in [0.2, 0.25) is 5.91 Å². The van der Waals surface area contributed by atoms with E-state index in [1.54, 1.807) is 0 Å². The van der Waals surface area contributed by atoms with Gasteiger partial charge in [-0.15, -0.1) is 0 Å². The lowest BCUT2D eigenvalue weighted by Gasteiger charge is -2.41. The lowest BCUT2D eigenvalue weighted by Crippen LogP contribution is -2.46. The molecule has 0 aliphatic carbocycles. The molecule has 0 radical (unpaired) electrons. The van der Waals surface area contributed by atoms with Crippen LogP contribution < -0.4 is 4.90 Å². The van der Waals surface area contributed by atoms with Gasteiger partial charge in [0.25, 0.3) is 0 Å². The lowest BCUT2D eigenvalue weighted by molar-refractivity contribution is -0.138. The fraction of sp³-hybridized carbons (Fsp3) is 0.720. The molecule has 2 fully saturated rings. The van der Waals surface area contributed by atoms with Crippen LogP contribution in [-0.4, -0.2) is 37.0 Å². The Morgan fingerprint density at radius 2 is 1.36 bits per heavy atom. The Bertz CT molecular complexity index is 649. The van der Waals surface area contributed by atoms with E-state index in [-0.39, 0.29) is 11.3 Å². The first-order valence-corrected chi connectivity index (χ1v) is 11.2. The predicted molar refractivity (Wildman–Crippen MR) is 119 cm³/mol. The van der Waals surface area contributed by atoms with Gasteiger partial charge in [0.05, 0.1) is 0 Å². The number of nitrogens with zero attached hydrogens (tertiary/aromatic N) is 2. The zero-order valence-corrected chi connectivity index (χ0v) is 18.9. The van der Waals surface area contributed by atoms with E-state index in [1.165, 1.54) is 11.3 Å². The van der Waals surface area contributed by atoms with Crippen molar-refractivity contribution >= 4 is 11.6 Å². The monoisotopic (exact) mass is 384 g/mol. The number of rotatable bonds is 2. The zero-order valence-electron chi connectivity index (χ0n) is 18.9. The van der Waals surface area contributed by atoms with Crippen LogP contribution in [-0.2, 0) is 10.2 Å². The zero-order chi connectivity index (χ0) is 20.5. The molecule has 28 heavy (non-hydrogen) atoms. The van der Waals surface area contributed by atoms with E-state index in [2.05, 4.69) is 75.6 Å². The molecule has 3 heteroatoms. The molecule has 2 aliphatic rings. The summed E-state index contributed by atoms with van der Waals surface area (Å²) < 4.78 is 0. The van der Waals surface area contributed by atoms with E-state index in [9.17, 15) is 4.79 Å². The summed E-state index contributed by atoms with van der Waals surface area (Å²) in [6, 6.07) is 9.01. The molecule has 0 aromatic heterocycles. The minimum Gasteiger partial charge on any atom is -0.371 e. The molecule has 1 aromatic carbocycles. The van der Waals surface area contributed by atoms with Gasteiger partial charge >= 0.3 is 0 Å². The number of benzene rings is 1. The summed E-state index contributed by atoms with van der Waals surface area (Å²) in [5, 5.41) is 0. The molecule has 0 spiro atoms. The number of hydrogen-bond acceptors (Lipinski definition) is 2. The van der Waals surface area contributed by atoms with Crippen LogP contribution >= 0.6 is 0 Å². The third-order valence-electron chi connectivity index (χ3n) is 6.97. The Morgan fingerprint density at radius 3 is 1.82 bits per heavy atom. The lowest BCUT2D eigenvalue weighted by atomic mass is 9.75. The van der Waals surface area contributed by atoms with E-state index < -0.39 is 0 Å². The average Bonchev–Trinajstić information content (AvgIpc) is 2.66. The summed E-state index contributed by atoms with van der Waals surface area (Å²) >= 11 is 0. The number of amides is 1. The highest BCUT2D eigenvalue weighted by Crippen LogP contribution is 2.35. The molecule has 1 aromatic rings. The van der Waals surface area contributed by atoms with Gasteiger partial charge in [-0.1, -0.05) is 53.7 Å². The molecular formula is C25H40N2O. The van der Waals surface area contributed by atoms with E-state index in [0.717, 1.165) is 57.8 Å². The van der Waals surface area contributed by atoms with E-state index in [4.69, 9.17) is 0 Å². The third kappa shape index (κ3) is 4.90. The summed E-state index contributed by atoms with van der Waals surface area (Å²) in [5.41, 5.74) is 3.23. The number of likely N-dealkylation sites (tertiary alicyclic amines) is 1. The van der Waals surface area contributed by atoms with Crippen molar-refractivity contribution in [1.29, 1.82) is 0 Å². The number of piperidine rings is 2. The van der Waals surface area contributed by atoms with Crippen LogP contribution in [0.1, 0.15) is 72.8 Å². The van der Waals surface area contributed by atoms with Crippen LogP contribution in [0.3, 0.4) is 0 Å². The van der Waals surface area contributed by atoms with Gasteiger partial charge in [0.15, 0.2) is 0 Å². The highest BCUT2D eigenvalue weighted by atomic mass is 16.2. The second-order valence-electron chi connectivity index (χ2n) is 11.0. The van der Waals surface area contributed by atoms with E-state index in [0.29, 0.717) is 11.3 Å². The Morgan fingerprint density at radius 1 is 0.821 bits per heavy atom. The maximum Gasteiger partial charge on any atom is 0.225 e. The van der Waals surface area contributed by atoms with Gasteiger partial charge in [-0.2, -0.15) is 0 Å². The van der Waals surface area contributed by atoms with Crippen molar-refractivity contribution in [3.63, 3.8) is 0 Å². The number of anilines is 1. The molecule has 0 atom stereocenters. The molecule has 2 saturated heterocycles. The standard InChI is InChI=1S/C25H40N2O/c1-24(2,3)20-7-9-22(10-8-20)26-15-11-19(12-16-26)23(28)27-17-13-21(14-18-27)25(4,5)6/h7-10,19,21H,11-18H2,1-6H3. The van der Waals surface area contributed by atoms with E-state index >= 15 is 0 Å². The molecule has 3 nitrogen and oxygen atoms in total. The number of carbonyl (C=O) groups is 1. The fourth-order valence-corrected chi connectivity index (χ4v) is 4.78. The van der Waals surface area contributed by atoms with Gasteiger partial charge in [-0.25, -0.2) is 0 Å². The normalized spacial score (nSPS) is 20.5. The van der Waals surface area contributed by atoms with E-state index in [1.807, 2.05) is 0 Å². The maximum absolute atomic E-state index is 13.0. The van der Waals surface area contributed by atoms with Crippen LogP contribution in [0.5, 0.6) is 0 Å². The molecule has 2 heterocycles. The summed E-state index contributed by atoms with van der Waals surface area (Å²) in [5.74, 6) is 1.38. The molecule has 0 N–H and O–H groups in total. The second-order valence-corrected chi connectivity index (χ2v) is 11.0. The molecule has 0 saturated carbocycles. The van der Waals surface area contributed by atoms with Crippen molar-refractivity contribution in [3.8, 4) is 0 Å². The van der Waals surface area contributed by atoms with Crippen LogP contribution in [0.25, 0.3) is 0 Å². The molecule has 0 bridgehead atoms. The van der Waals surface area contributed by atoms with Crippen LogP contribution in [0.4, 0.5) is 5.69 Å². The van der Waals surface area contributed by atoms with Crippen LogP contribution in [0.2, 0.25) is 0 Å². The minimum absolute atomic E-state index is 0.193. The summed E-state index contributed by atoms with van der Waals surface area (Å²) in [6.07, 6.45) is 4.29. The molecule has 2 aliphatic heterocycles. The first-order chi connectivity index (χ1) is 13.1. The molecular weight excluding hydrogens is 344 g/mol. The van der Waals surface area contributed by atoms with Crippen molar-refractivity contribution in [2.24, 2.45) is 17.3 Å². The van der Waals surface area contributed by atoms with Crippen molar-refractivity contribution in [2.75, 3.05) is 31.1 Å². The Kier molecular flexibility index (Phi) is 6.12. The summed E-state index contributed by atoms with van der Waals surface area (Å²) in [6.45, 7) is 17.6. The fourth-order valence-electron chi connectivity index (χ4n) is 4.78. The van der Waals surface area contributed by atoms with Crippen molar-refractivity contribution in [3.05, 3.63) is 29.8 Å². The highest BCUT2D eigenvalue weighted by molar-refractivity contribution is 5.79. The predicted octanol–water partition coefficient (Wildman–Crippen LogP) is 5.49. The van der Waals surface area contributed by atoms with Crippen molar-refractivity contribution in [1.82, 2.24) is 4.90 Å². The average molecular weight is 385 g/mol. The largest absolute Gasteiger partial charge is 0.371 e. The Balaban J connectivity index is 1.51. The van der Waals surface area contributed by atoms with Crippen molar-refractivity contribution in [2.45, 2.75) is 72.6 Å². The molecule has 0 unspecified atom stereocenters. The molecule has 156 valence electrons. The van der Waals surface area contributed by atoms with Crippen LogP contribution in [0, 0.1) is 17.3 Å². The Hall–Kier alpha value is -1.51. The van der Waals surface area contributed by atoms with Gasteiger partial charge < -0.3 is 9.80 Å². The summed E-state index contributed by atoms with van der Waals surface area (Å²) in [4.78, 5) is 17.6. The summed E-state index contributed by atoms with van der Waals surface area (Å²) in [7, 11) is 0. The smallest absolute Gasteiger partial charge is 0.225 e. The van der Waals surface area contributed by atoms with Gasteiger partial charge in [-0.05, 0) is 60.1 Å². The first kappa shape index (κ1) is 21.2. The van der Waals surface area contributed by atoms with Gasteiger partial charge in [-0.3, -0.25) is 4.79 Å². The SMILES string of the molecule is CC(C)(C)c1ccc(N2CCC(C(=O)N3CCC(C(C)(C)C)CC3)CC2)cc1. The quantitative estimate of drug-likeness (QED) is 0.673. The third-order valence-corrected chi connectivity index (χ3v) is 6.97. The van der Waals surface area contributed by atoms with Crippen LogP contribution in [0.15, 0.2) is 24.3 Å². The van der Waals surface area contributed by atoms with Gasteiger partial charge in [0, 0.05) is 37.8 Å². The van der Waals surface area contributed by atoms with Crippen molar-refractivity contribution < 1.29 is 4.79 Å². The number of hydrogen-bond donors (Lipinski definition) is 0. The first-order valence-electron chi connectivity index (χ1n) is 11.2. The Labute approximate surface area is 172 Å². The minimum atomic E-state index is 0.193. The second kappa shape index (κ2) is 8.08. The molecule has 1 amide bonds. The van der Waals surface area contributed by atoms with Gasteiger partial charge in [0.1, 0.15) is 0 Å². The molecule has 3 rings (SSSR count). The maximum atomic E-state index is 13.0. The topological polar surface area (TPSA) is 23.6 Å². The highest BCUT2D eigenvalue weighted by Gasteiger charge is 2.34. The number of carbonyl (C=O) groups excluding carboxylic acids is 1.